The van der Waals surface area contributed by atoms with Gasteiger partial charge in [-0.1, -0.05) is 24.3 Å². The van der Waals surface area contributed by atoms with Crippen LogP contribution < -0.4 is 5.32 Å². The second kappa shape index (κ2) is 11.1. The lowest BCUT2D eigenvalue weighted by Crippen LogP contribution is -2.43. The lowest BCUT2D eigenvalue weighted by Gasteiger charge is -2.30. The second-order valence-electron chi connectivity index (χ2n) is 9.33. The zero-order valence-corrected chi connectivity index (χ0v) is 21.4. The fourth-order valence-corrected chi connectivity index (χ4v) is 4.37. The highest BCUT2D eigenvalue weighted by Crippen LogP contribution is 2.29. The first-order valence-corrected chi connectivity index (χ1v) is 12.0. The van der Waals surface area contributed by atoms with Gasteiger partial charge in [-0.05, 0) is 54.8 Å². The molecule has 2 amide bonds. The standard InChI is InChI=1S/C28H31FN4O4/c1-17-5-6-20(25-11-18(2)33(31-25)14-23(34)16-37-4)12-21(17)13-26(35)24-15-32(3)28(36)30-27(24)19-7-9-22(29)10-8-19/h5-12,15,23,27,34H,13-14,16H2,1-4H3,(H,30,36)/t23-,27+/m1/s1. The summed E-state index contributed by atoms with van der Waals surface area (Å²) in [5.41, 5.74) is 5.34. The molecule has 2 atom stereocenters. The Morgan fingerprint density at radius 3 is 2.62 bits per heavy atom. The Morgan fingerprint density at radius 1 is 1.19 bits per heavy atom. The Balaban J connectivity index is 1.59. The third-order valence-electron chi connectivity index (χ3n) is 6.48. The number of carbonyl (C=O) groups excluding carboxylic acids is 2. The van der Waals surface area contributed by atoms with Gasteiger partial charge < -0.3 is 20.1 Å². The molecule has 2 heterocycles. The van der Waals surface area contributed by atoms with Crippen LogP contribution in [0, 0.1) is 19.7 Å². The van der Waals surface area contributed by atoms with Gasteiger partial charge in [0.05, 0.1) is 31.0 Å². The minimum atomic E-state index is -0.669. The van der Waals surface area contributed by atoms with E-state index in [0.29, 0.717) is 17.7 Å². The minimum Gasteiger partial charge on any atom is -0.389 e. The Hall–Kier alpha value is -3.82. The van der Waals surface area contributed by atoms with Crippen LogP contribution in [-0.2, 0) is 22.5 Å². The van der Waals surface area contributed by atoms with E-state index in [1.54, 1.807) is 30.1 Å². The summed E-state index contributed by atoms with van der Waals surface area (Å²) in [6.45, 7) is 4.40. The van der Waals surface area contributed by atoms with Crippen LogP contribution >= 0.6 is 0 Å². The molecule has 0 aliphatic carbocycles. The van der Waals surface area contributed by atoms with Crippen molar-refractivity contribution >= 4 is 11.8 Å². The first kappa shape index (κ1) is 26.2. The highest BCUT2D eigenvalue weighted by molar-refractivity contribution is 6.00. The normalized spacial score (nSPS) is 16.4. The average molecular weight is 507 g/mol. The third kappa shape index (κ3) is 5.95. The highest BCUT2D eigenvalue weighted by Gasteiger charge is 2.30. The molecule has 1 aromatic heterocycles. The number of benzene rings is 2. The van der Waals surface area contributed by atoms with E-state index >= 15 is 0 Å². The van der Waals surface area contributed by atoms with Crippen molar-refractivity contribution in [1.29, 1.82) is 0 Å². The summed E-state index contributed by atoms with van der Waals surface area (Å²) < 4.78 is 20.2. The van der Waals surface area contributed by atoms with Gasteiger partial charge in [0, 0.05) is 43.6 Å². The zero-order valence-electron chi connectivity index (χ0n) is 21.4. The predicted octanol–water partition coefficient (Wildman–Crippen LogP) is 3.71. The number of aliphatic hydroxyl groups excluding tert-OH is 1. The van der Waals surface area contributed by atoms with Crippen molar-refractivity contribution in [3.63, 3.8) is 0 Å². The molecule has 0 unspecified atom stereocenters. The topological polar surface area (TPSA) is 96.7 Å². The number of aromatic nitrogens is 2. The lowest BCUT2D eigenvalue weighted by molar-refractivity contribution is -0.115. The maximum atomic E-state index is 13.5. The fraction of sp³-hybridized carbons (Fsp3) is 0.321. The molecule has 37 heavy (non-hydrogen) atoms. The fourth-order valence-electron chi connectivity index (χ4n) is 4.37. The number of hydrogen-bond acceptors (Lipinski definition) is 5. The maximum absolute atomic E-state index is 13.5. The zero-order chi connectivity index (χ0) is 26.7. The number of Topliss-reactive ketones (excluding diaryl/α,β-unsaturated/α-hetero) is 1. The van der Waals surface area contributed by atoms with Gasteiger partial charge in [0.1, 0.15) is 5.82 Å². The van der Waals surface area contributed by atoms with E-state index in [4.69, 9.17) is 4.74 Å². The van der Waals surface area contributed by atoms with Crippen molar-refractivity contribution in [1.82, 2.24) is 20.0 Å². The first-order valence-electron chi connectivity index (χ1n) is 12.0. The molecule has 2 aromatic carbocycles. The molecule has 4 rings (SSSR count). The average Bonchev–Trinajstić information content (AvgIpc) is 3.22. The number of aryl methyl sites for hydroxylation is 2. The first-order chi connectivity index (χ1) is 17.7. The van der Waals surface area contributed by atoms with Crippen molar-refractivity contribution in [2.45, 2.75) is 39.0 Å². The van der Waals surface area contributed by atoms with Crippen LogP contribution in [0.25, 0.3) is 11.3 Å². The number of ether oxygens (including phenoxy) is 1. The van der Waals surface area contributed by atoms with E-state index in [2.05, 4.69) is 10.4 Å². The number of urea groups is 1. The Morgan fingerprint density at radius 2 is 1.92 bits per heavy atom. The number of nitrogens with one attached hydrogen (secondary N) is 1. The molecule has 9 heteroatoms. The Kier molecular flexibility index (Phi) is 7.85. The van der Waals surface area contributed by atoms with Crippen LogP contribution in [0.1, 0.15) is 28.4 Å². The van der Waals surface area contributed by atoms with E-state index in [0.717, 1.165) is 28.1 Å². The quantitative estimate of drug-likeness (QED) is 0.461. The molecule has 3 aromatic rings. The van der Waals surface area contributed by atoms with E-state index in [9.17, 15) is 19.1 Å². The van der Waals surface area contributed by atoms with Crippen LogP contribution in [-0.4, -0.2) is 58.5 Å². The van der Waals surface area contributed by atoms with Crippen LogP contribution in [0.4, 0.5) is 9.18 Å². The molecule has 0 fully saturated rings. The molecule has 0 spiro atoms. The SMILES string of the molecule is COC[C@H](O)Cn1nc(-c2ccc(C)c(CC(=O)C3=CN(C)C(=O)N[C@H]3c3ccc(F)cc3)c2)cc1C. The summed E-state index contributed by atoms with van der Waals surface area (Å²) in [4.78, 5) is 27.2. The largest absolute Gasteiger partial charge is 0.389 e. The molecular weight excluding hydrogens is 475 g/mol. The van der Waals surface area contributed by atoms with Crippen molar-refractivity contribution in [2.75, 3.05) is 20.8 Å². The molecule has 0 saturated carbocycles. The van der Waals surface area contributed by atoms with Crippen LogP contribution in [0.3, 0.4) is 0 Å². The molecule has 1 aliphatic rings. The van der Waals surface area contributed by atoms with Gasteiger partial charge in [-0.2, -0.15) is 5.10 Å². The summed E-state index contributed by atoms with van der Waals surface area (Å²) in [7, 11) is 3.12. The van der Waals surface area contributed by atoms with Crippen molar-refractivity contribution in [3.8, 4) is 11.3 Å². The summed E-state index contributed by atoms with van der Waals surface area (Å²) in [5, 5.41) is 17.6. The third-order valence-corrected chi connectivity index (χ3v) is 6.48. The molecular formula is C28H31FN4O4. The van der Waals surface area contributed by atoms with Gasteiger partial charge in [0.25, 0.3) is 0 Å². The molecule has 0 radical (unpaired) electrons. The number of amides is 2. The molecule has 0 saturated heterocycles. The van der Waals surface area contributed by atoms with Crippen LogP contribution in [0.15, 0.2) is 60.3 Å². The van der Waals surface area contributed by atoms with E-state index in [1.807, 2.05) is 38.1 Å². The van der Waals surface area contributed by atoms with Gasteiger partial charge in [-0.25, -0.2) is 9.18 Å². The smallest absolute Gasteiger partial charge is 0.321 e. The molecule has 1 aliphatic heterocycles. The number of rotatable bonds is 9. The summed E-state index contributed by atoms with van der Waals surface area (Å²) in [6.07, 6.45) is 1.00. The van der Waals surface area contributed by atoms with Crippen molar-refractivity contribution in [3.05, 3.63) is 88.5 Å². The molecule has 8 nitrogen and oxygen atoms in total. The van der Waals surface area contributed by atoms with Crippen molar-refractivity contribution in [2.24, 2.45) is 0 Å². The number of hydrogen-bond donors (Lipinski definition) is 2. The van der Waals surface area contributed by atoms with Gasteiger partial charge in [-0.15, -0.1) is 0 Å². The summed E-state index contributed by atoms with van der Waals surface area (Å²) in [5.74, 6) is -0.538. The molecule has 0 bridgehead atoms. The Bertz CT molecular complexity index is 1330. The van der Waals surface area contributed by atoms with E-state index in [1.165, 1.54) is 24.1 Å². The number of ketones is 1. The van der Waals surface area contributed by atoms with Gasteiger partial charge >= 0.3 is 6.03 Å². The molecule has 2 N–H and O–H groups in total. The summed E-state index contributed by atoms with van der Waals surface area (Å²) in [6, 6.07) is 12.5. The van der Waals surface area contributed by atoms with E-state index < -0.39 is 18.0 Å². The number of aliphatic hydroxyl groups is 1. The minimum absolute atomic E-state index is 0.124. The predicted molar refractivity (Wildman–Crippen MR) is 137 cm³/mol. The van der Waals surface area contributed by atoms with Gasteiger partial charge in [0.2, 0.25) is 0 Å². The highest BCUT2D eigenvalue weighted by atomic mass is 19.1. The summed E-state index contributed by atoms with van der Waals surface area (Å²) >= 11 is 0. The monoisotopic (exact) mass is 506 g/mol. The lowest BCUT2D eigenvalue weighted by atomic mass is 9.90. The van der Waals surface area contributed by atoms with Crippen LogP contribution in [0.2, 0.25) is 0 Å². The van der Waals surface area contributed by atoms with Crippen LogP contribution in [0.5, 0.6) is 0 Å². The van der Waals surface area contributed by atoms with Gasteiger partial charge in [-0.3, -0.25) is 9.48 Å². The number of nitrogens with zero attached hydrogens (tertiary/aromatic N) is 3. The maximum Gasteiger partial charge on any atom is 0.321 e. The number of methoxy groups -OCH3 is 1. The molecule has 194 valence electrons. The Labute approximate surface area is 215 Å². The van der Waals surface area contributed by atoms with Crippen molar-refractivity contribution < 1.29 is 23.8 Å². The van der Waals surface area contributed by atoms with E-state index in [-0.39, 0.29) is 24.8 Å². The second-order valence-corrected chi connectivity index (χ2v) is 9.33. The number of halogens is 1. The van der Waals surface area contributed by atoms with Gasteiger partial charge in [0.15, 0.2) is 5.78 Å². The number of carbonyl (C=O) groups is 2.